The van der Waals surface area contributed by atoms with E-state index in [4.69, 9.17) is 0 Å². The minimum Gasteiger partial charge on any atom is -0.366 e. The average molecular weight is 587 g/mol. The molecule has 1 radical (unpaired) electrons. The van der Waals surface area contributed by atoms with E-state index in [0.717, 1.165) is 39.7 Å². The maximum atomic E-state index is 3.52. The summed E-state index contributed by atoms with van der Waals surface area (Å²) in [4.78, 5) is 4.97. The van der Waals surface area contributed by atoms with Gasteiger partial charge in [0.2, 0.25) is 0 Å². The van der Waals surface area contributed by atoms with Gasteiger partial charge in [0.05, 0.1) is 0 Å². The van der Waals surface area contributed by atoms with Gasteiger partial charge in [0, 0.05) is 83.5 Å². The zero-order chi connectivity index (χ0) is 21.1. The molecule has 2 unspecified atom stereocenters. The zero-order valence-corrected chi connectivity index (χ0v) is 22.8. The molecular weight excluding hydrogens is 555 g/mol. The molecule has 0 aromatic heterocycles. The van der Waals surface area contributed by atoms with Crippen molar-refractivity contribution in [3.05, 3.63) is 63.0 Å². The molecule has 4 heterocycles. The molecule has 0 saturated carbocycles. The van der Waals surface area contributed by atoms with Gasteiger partial charge in [-0.2, -0.15) is 0 Å². The molecule has 7 heteroatoms. The van der Waals surface area contributed by atoms with E-state index >= 15 is 0 Å². The number of piperazine rings is 2. The SMILES string of the molecule is Brc1ccc(N2CC3C[C@@H]2CN3)cc1.CN1C[C@H]2CC1CN2.Cc1ccc(Br)cc1.[V]. The van der Waals surface area contributed by atoms with Gasteiger partial charge in [-0.25, -0.2) is 0 Å². The van der Waals surface area contributed by atoms with Crippen LogP contribution in [0, 0.1) is 6.92 Å². The molecule has 6 rings (SSSR count). The van der Waals surface area contributed by atoms with Crippen LogP contribution in [0.25, 0.3) is 0 Å². The van der Waals surface area contributed by atoms with Gasteiger partial charge in [-0.1, -0.05) is 49.6 Å². The van der Waals surface area contributed by atoms with Crippen molar-refractivity contribution < 1.29 is 18.6 Å². The van der Waals surface area contributed by atoms with Crippen LogP contribution < -0.4 is 15.5 Å². The summed E-state index contributed by atoms with van der Waals surface area (Å²) in [7, 11) is 2.21. The number of halogens is 2. The van der Waals surface area contributed by atoms with E-state index in [-0.39, 0.29) is 18.6 Å². The fourth-order valence-electron chi connectivity index (χ4n) is 4.81. The first-order valence-corrected chi connectivity index (χ1v) is 12.5. The summed E-state index contributed by atoms with van der Waals surface area (Å²) in [5, 5.41) is 6.96. The molecule has 4 atom stereocenters. The van der Waals surface area contributed by atoms with Crippen LogP contribution in [0.1, 0.15) is 18.4 Å². The maximum absolute atomic E-state index is 3.52. The number of nitrogens with one attached hydrogen (secondary N) is 2. The van der Waals surface area contributed by atoms with E-state index < -0.39 is 0 Å². The van der Waals surface area contributed by atoms with E-state index in [2.05, 4.69) is 103 Å². The topological polar surface area (TPSA) is 30.5 Å². The monoisotopic (exact) mass is 585 g/mol. The Hall–Kier alpha value is -0.336. The number of benzene rings is 2. The zero-order valence-electron chi connectivity index (χ0n) is 18.3. The quantitative estimate of drug-likeness (QED) is 0.518. The fourth-order valence-corrected chi connectivity index (χ4v) is 5.34. The Morgan fingerprint density at radius 2 is 1.29 bits per heavy atom. The molecule has 4 aliphatic rings. The van der Waals surface area contributed by atoms with Crippen LogP contribution in [0.5, 0.6) is 0 Å². The molecule has 2 aromatic carbocycles. The predicted molar refractivity (Wildman–Crippen MR) is 133 cm³/mol. The number of hydrogen-bond donors (Lipinski definition) is 2. The number of likely N-dealkylation sites (N-methyl/N-ethyl adjacent to an activating group) is 1. The van der Waals surface area contributed by atoms with Crippen molar-refractivity contribution in [1.82, 2.24) is 15.5 Å². The fraction of sp³-hybridized carbons (Fsp3) is 0.500. The molecule has 0 aliphatic carbocycles. The molecule has 0 amide bonds. The van der Waals surface area contributed by atoms with Crippen molar-refractivity contribution in [2.45, 2.75) is 43.9 Å². The first-order chi connectivity index (χ1) is 14.5. The second kappa shape index (κ2) is 11.7. The summed E-state index contributed by atoms with van der Waals surface area (Å²) in [6, 6.07) is 20.0. The van der Waals surface area contributed by atoms with Crippen molar-refractivity contribution in [2.75, 3.05) is 38.1 Å². The van der Waals surface area contributed by atoms with Crippen LogP contribution in [-0.4, -0.2) is 62.3 Å². The van der Waals surface area contributed by atoms with Crippen LogP contribution in [0.3, 0.4) is 0 Å². The second-order valence-corrected chi connectivity index (χ2v) is 10.7. The number of hydrogen-bond acceptors (Lipinski definition) is 4. The summed E-state index contributed by atoms with van der Waals surface area (Å²) >= 11 is 6.81. The standard InChI is InChI=1S/C11H13BrN2.C7H7Br.C6H12N2.V/c12-8-1-3-10(4-2-8)14-7-9-5-11(14)6-13-9;1-6-2-4-7(8)5-3-6;1-8-4-5-2-6(8)3-7-5;/h1-4,9,11,13H,5-7H2;2-5H,1H3;5-7H,2-4H2,1H3;/t9?,11-;;5-,6?;/m1.1./s1. The van der Waals surface area contributed by atoms with Gasteiger partial charge in [0.15, 0.2) is 0 Å². The Balaban J connectivity index is 0.000000139. The Labute approximate surface area is 215 Å². The minimum atomic E-state index is 0. The average Bonchev–Trinajstić information content (AvgIpc) is 3.53. The van der Waals surface area contributed by atoms with Crippen LogP contribution in [0.2, 0.25) is 0 Å². The van der Waals surface area contributed by atoms with Gasteiger partial charge in [0.25, 0.3) is 0 Å². The molecule has 4 bridgehead atoms. The van der Waals surface area contributed by atoms with Crippen molar-refractivity contribution >= 4 is 37.5 Å². The van der Waals surface area contributed by atoms with E-state index in [1.165, 1.54) is 43.7 Å². The molecule has 4 nitrogen and oxygen atoms in total. The van der Waals surface area contributed by atoms with Gasteiger partial charge >= 0.3 is 0 Å². The third-order valence-electron chi connectivity index (χ3n) is 6.56. The number of rotatable bonds is 1. The number of anilines is 1. The number of aryl methyl sites for hydroxylation is 1. The predicted octanol–water partition coefficient (Wildman–Crippen LogP) is 4.42. The van der Waals surface area contributed by atoms with Crippen molar-refractivity contribution in [2.24, 2.45) is 0 Å². The van der Waals surface area contributed by atoms with Crippen LogP contribution >= 0.6 is 31.9 Å². The van der Waals surface area contributed by atoms with E-state index in [0.29, 0.717) is 0 Å². The van der Waals surface area contributed by atoms with Gasteiger partial charge in [0.1, 0.15) is 0 Å². The Bertz CT molecular complexity index is 794. The van der Waals surface area contributed by atoms with Crippen LogP contribution in [0.4, 0.5) is 5.69 Å². The summed E-state index contributed by atoms with van der Waals surface area (Å²) in [5.74, 6) is 0. The summed E-state index contributed by atoms with van der Waals surface area (Å²) in [6.45, 7) is 6.89. The first kappa shape index (κ1) is 25.3. The normalized spacial score (nSPS) is 27.8. The third kappa shape index (κ3) is 6.83. The second-order valence-electron chi connectivity index (χ2n) is 8.85. The Kier molecular flexibility index (Phi) is 9.54. The summed E-state index contributed by atoms with van der Waals surface area (Å²) in [6.07, 6.45) is 2.70. The number of nitrogens with zero attached hydrogens (tertiary/aromatic N) is 2. The molecule has 4 fully saturated rings. The van der Waals surface area contributed by atoms with Crippen molar-refractivity contribution in [1.29, 1.82) is 0 Å². The molecule has 0 spiro atoms. The molecule has 2 N–H and O–H groups in total. The Morgan fingerprint density at radius 1 is 0.774 bits per heavy atom. The molecule has 167 valence electrons. The van der Waals surface area contributed by atoms with Crippen LogP contribution in [-0.2, 0) is 18.6 Å². The summed E-state index contributed by atoms with van der Waals surface area (Å²) in [5.41, 5.74) is 2.66. The molecule has 2 aromatic rings. The number of fused-ring (bicyclic) bond motifs is 4. The van der Waals surface area contributed by atoms with Gasteiger partial charge in [-0.3, -0.25) is 0 Å². The van der Waals surface area contributed by atoms with Crippen LogP contribution in [0.15, 0.2) is 57.5 Å². The largest absolute Gasteiger partial charge is 0.366 e. The van der Waals surface area contributed by atoms with Gasteiger partial charge in [-0.15, -0.1) is 0 Å². The van der Waals surface area contributed by atoms with E-state index in [9.17, 15) is 0 Å². The van der Waals surface area contributed by atoms with E-state index in [1.807, 2.05) is 12.1 Å². The minimum absolute atomic E-state index is 0. The maximum Gasteiger partial charge on any atom is 0.0430 e. The third-order valence-corrected chi connectivity index (χ3v) is 7.61. The molecule has 4 saturated heterocycles. The smallest absolute Gasteiger partial charge is 0.0430 e. The van der Waals surface area contributed by atoms with E-state index in [1.54, 1.807) is 0 Å². The molecule has 4 aliphatic heterocycles. The van der Waals surface area contributed by atoms with Crippen molar-refractivity contribution in [3.8, 4) is 0 Å². The molecular formula is C24H32Br2N4V. The van der Waals surface area contributed by atoms with Gasteiger partial charge in [-0.05, 0) is 63.2 Å². The van der Waals surface area contributed by atoms with Crippen molar-refractivity contribution in [3.63, 3.8) is 0 Å². The number of likely N-dealkylation sites (tertiary alicyclic amines) is 1. The summed E-state index contributed by atoms with van der Waals surface area (Å²) < 4.78 is 2.30. The van der Waals surface area contributed by atoms with Gasteiger partial charge < -0.3 is 20.4 Å². The first-order valence-electron chi connectivity index (χ1n) is 10.9. The molecule has 31 heavy (non-hydrogen) atoms. The Morgan fingerprint density at radius 3 is 1.65 bits per heavy atom.